The smallest absolute Gasteiger partial charge is 0.294 e. The standard InChI is InChI=1S/C18H15FN2O2/c1-2-12-5-3-8-15(9-12)20-18(22)17-11-16(21-23-17)13-6-4-7-14(19)10-13/h3-11H,2H2,1H3,(H,20,22). The monoisotopic (exact) mass is 310 g/mol. The quantitative estimate of drug-likeness (QED) is 0.782. The molecule has 3 aromatic rings. The average Bonchev–Trinajstić information content (AvgIpc) is 3.05. The first-order valence-electron chi connectivity index (χ1n) is 7.28. The van der Waals surface area contributed by atoms with Gasteiger partial charge in [-0.2, -0.15) is 0 Å². The van der Waals surface area contributed by atoms with E-state index in [0.717, 1.165) is 12.0 Å². The zero-order valence-corrected chi connectivity index (χ0v) is 12.5. The van der Waals surface area contributed by atoms with Gasteiger partial charge in [-0.05, 0) is 36.2 Å². The first-order chi connectivity index (χ1) is 11.2. The molecule has 1 N–H and O–H groups in total. The fourth-order valence-corrected chi connectivity index (χ4v) is 2.23. The Kier molecular flexibility index (Phi) is 4.19. The van der Waals surface area contributed by atoms with Crippen LogP contribution in [0.5, 0.6) is 0 Å². The summed E-state index contributed by atoms with van der Waals surface area (Å²) in [6.07, 6.45) is 0.885. The van der Waals surface area contributed by atoms with Crippen LogP contribution in [0.3, 0.4) is 0 Å². The van der Waals surface area contributed by atoms with Crippen molar-refractivity contribution in [2.75, 3.05) is 5.32 Å². The number of hydrogen-bond acceptors (Lipinski definition) is 3. The highest BCUT2D eigenvalue weighted by molar-refractivity contribution is 6.02. The number of nitrogens with zero attached hydrogens (tertiary/aromatic N) is 1. The second-order valence-electron chi connectivity index (χ2n) is 5.09. The fraction of sp³-hybridized carbons (Fsp3) is 0.111. The number of hydrogen-bond donors (Lipinski definition) is 1. The Bertz CT molecular complexity index is 842. The molecule has 1 aromatic heterocycles. The Morgan fingerprint density at radius 2 is 2.00 bits per heavy atom. The lowest BCUT2D eigenvalue weighted by Gasteiger charge is -2.04. The topological polar surface area (TPSA) is 55.1 Å². The van der Waals surface area contributed by atoms with E-state index in [1.807, 2.05) is 25.1 Å². The van der Waals surface area contributed by atoms with E-state index in [9.17, 15) is 9.18 Å². The third-order valence-corrected chi connectivity index (χ3v) is 3.45. The molecule has 2 aromatic carbocycles. The van der Waals surface area contributed by atoms with Gasteiger partial charge in [-0.1, -0.05) is 36.3 Å². The van der Waals surface area contributed by atoms with Gasteiger partial charge in [-0.3, -0.25) is 4.79 Å². The van der Waals surface area contributed by atoms with Gasteiger partial charge >= 0.3 is 0 Å². The van der Waals surface area contributed by atoms with Crippen LogP contribution in [0.15, 0.2) is 59.1 Å². The number of amides is 1. The van der Waals surface area contributed by atoms with Crippen molar-refractivity contribution in [3.63, 3.8) is 0 Å². The van der Waals surface area contributed by atoms with Crippen molar-refractivity contribution >= 4 is 11.6 Å². The van der Waals surface area contributed by atoms with E-state index < -0.39 is 5.91 Å². The Morgan fingerprint density at radius 1 is 1.17 bits per heavy atom. The first-order valence-corrected chi connectivity index (χ1v) is 7.28. The summed E-state index contributed by atoms with van der Waals surface area (Å²) in [6, 6.07) is 15.0. The number of benzene rings is 2. The van der Waals surface area contributed by atoms with Crippen LogP contribution >= 0.6 is 0 Å². The lowest BCUT2D eigenvalue weighted by Crippen LogP contribution is -2.10. The number of anilines is 1. The maximum atomic E-state index is 13.2. The van der Waals surface area contributed by atoms with Crippen molar-refractivity contribution in [3.05, 3.63) is 71.7 Å². The molecular formula is C18H15FN2O2. The predicted molar refractivity (Wildman–Crippen MR) is 85.7 cm³/mol. The molecule has 0 radical (unpaired) electrons. The third-order valence-electron chi connectivity index (χ3n) is 3.45. The normalized spacial score (nSPS) is 10.5. The van der Waals surface area contributed by atoms with Crippen molar-refractivity contribution in [1.82, 2.24) is 5.16 Å². The van der Waals surface area contributed by atoms with Gasteiger partial charge in [0.05, 0.1) is 0 Å². The van der Waals surface area contributed by atoms with Crippen LogP contribution in [0.4, 0.5) is 10.1 Å². The number of aryl methyl sites for hydroxylation is 1. The predicted octanol–water partition coefficient (Wildman–Crippen LogP) is 4.30. The summed E-state index contributed by atoms with van der Waals surface area (Å²) < 4.78 is 18.3. The SMILES string of the molecule is CCc1cccc(NC(=O)c2cc(-c3cccc(F)c3)no2)c1. The molecule has 0 aliphatic carbocycles. The molecule has 0 unspecified atom stereocenters. The number of nitrogens with one attached hydrogen (secondary N) is 1. The van der Waals surface area contributed by atoms with Crippen LogP contribution in [0, 0.1) is 5.82 Å². The summed E-state index contributed by atoms with van der Waals surface area (Å²) in [4.78, 5) is 12.2. The van der Waals surface area contributed by atoms with Crippen LogP contribution < -0.4 is 5.32 Å². The summed E-state index contributed by atoms with van der Waals surface area (Å²) in [5.74, 6) is -0.688. The molecular weight excluding hydrogens is 295 g/mol. The van der Waals surface area contributed by atoms with Crippen molar-refractivity contribution in [1.29, 1.82) is 0 Å². The Morgan fingerprint density at radius 3 is 2.78 bits per heavy atom. The zero-order chi connectivity index (χ0) is 16.2. The minimum absolute atomic E-state index is 0.0752. The van der Waals surface area contributed by atoms with Crippen LogP contribution in [-0.4, -0.2) is 11.1 Å². The van der Waals surface area contributed by atoms with E-state index in [1.165, 1.54) is 18.2 Å². The van der Waals surface area contributed by atoms with Crippen molar-refractivity contribution < 1.29 is 13.7 Å². The third kappa shape index (κ3) is 3.45. The minimum Gasteiger partial charge on any atom is -0.350 e. The Hall–Kier alpha value is -2.95. The van der Waals surface area contributed by atoms with E-state index in [1.54, 1.807) is 18.2 Å². The zero-order valence-electron chi connectivity index (χ0n) is 12.5. The Labute approximate surface area is 132 Å². The molecule has 0 bridgehead atoms. The van der Waals surface area contributed by atoms with E-state index in [-0.39, 0.29) is 11.6 Å². The second kappa shape index (κ2) is 6.44. The van der Waals surface area contributed by atoms with Gasteiger partial charge in [0, 0.05) is 17.3 Å². The summed E-state index contributed by atoms with van der Waals surface area (Å²) in [7, 11) is 0. The highest BCUT2D eigenvalue weighted by Gasteiger charge is 2.14. The largest absolute Gasteiger partial charge is 0.350 e. The molecule has 4 nitrogen and oxygen atoms in total. The molecule has 0 spiro atoms. The van der Waals surface area contributed by atoms with Gasteiger partial charge in [-0.15, -0.1) is 0 Å². The number of carbonyl (C=O) groups excluding carboxylic acids is 1. The second-order valence-corrected chi connectivity index (χ2v) is 5.09. The van der Waals surface area contributed by atoms with Gasteiger partial charge in [0.1, 0.15) is 11.5 Å². The van der Waals surface area contributed by atoms with Crippen LogP contribution in [0.2, 0.25) is 0 Å². The summed E-state index contributed by atoms with van der Waals surface area (Å²) in [5, 5.41) is 6.58. The van der Waals surface area contributed by atoms with E-state index in [0.29, 0.717) is 16.9 Å². The number of halogens is 1. The van der Waals surface area contributed by atoms with Gasteiger partial charge in [0.2, 0.25) is 5.76 Å². The highest BCUT2D eigenvalue weighted by atomic mass is 19.1. The van der Waals surface area contributed by atoms with E-state index >= 15 is 0 Å². The maximum absolute atomic E-state index is 13.2. The Balaban J connectivity index is 1.78. The van der Waals surface area contributed by atoms with Gasteiger partial charge in [0.25, 0.3) is 5.91 Å². The van der Waals surface area contributed by atoms with E-state index in [4.69, 9.17) is 4.52 Å². The van der Waals surface area contributed by atoms with Crippen molar-refractivity contribution in [2.45, 2.75) is 13.3 Å². The fourth-order valence-electron chi connectivity index (χ4n) is 2.23. The minimum atomic E-state index is -0.395. The lowest BCUT2D eigenvalue weighted by molar-refractivity contribution is 0.0988. The number of rotatable bonds is 4. The van der Waals surface area contributed by atoms with Gasteiger partial charge in [0.15, 0.2) is 0 Å². The molecule has 0 saturated heterocycles. The summed E-state index contributed by atoms with van der Waals surface area (Å²) >= 11 is 0. The van der Waals surface area contributed by atoms with Gasteiger partial charge in [-0.25, -0.2) is 4.39 Å². The molecule has 0 saturated carbocycles. The summed E-state index contributed by atoms with van der Waals surface area (Å²) in [5.41, 5.74) is 2.79. The molecule has 0 fully saturated rings. The van der Waals surface area contributed by atoms with Crippen LogP contribution in [-0.2, 0) is 6.42 Å². The highest BCUT2D eigenvalue weighted by Crippen LogP contribution is 2.21. The molecule has 23 heavy (non-hydrogen) atoms. The van der Waals surface area contributed by atoms with E-state index in [2.05, 4.69) is 10.5 Å². The molecule has 1 amide bonds. The molecule has 0 atom stereocenters. The van der Waals surface area contributed by atoms with Crippen LogP contribution in [0.25, 0.3) is 11.3 Å². The lowest BCUT2D eigenvalue weighted by atomic mass is 10.1. The molecule has 1 heterocycles. The number of carbonyl (C=O) groups is 1. The molecule has 3 rings (SSSR count). The molecule has 116 valence electrons. The van der Waals surface area contributed by atoms with Crippen molar-refractivity contribution in [3.8, 4) is 11.3 Å². The molecule has 5 heteroatoms. The molecule has 0 aliphatic heterocycles. The first kappa shape index (κ1) is 15.0. The van der Waals surface area contributed by atoms with Gasteiger partial charge < -0.3 is 9.84 Å². The van der Waals surface area contributed by atoms with Crippen LogP contribution in [0.1, 0.15) is 23.0 Å². The molecule has 0 aliphatic rings. The maximum Gasteiger partial charge on any atom is 0.294 e. The average molecular weight is 310 g/mol. The number of aromatic nitrogens is 1. The summed E-state index contributed by atoms with van der Waals surface area (Å²) in [6.45, 7) is 2.04. The van der Waals surface area contributed by atoms with Crippen molar-refractivity contribution in [2.24, 2.45) is 0 Å².